The van der Waals surface area contributed by atoms with Crippen LogP contribution in [0.25, 0.3) is 0 Å². The third-order valence-corrected chi connectivity index (χ3v) is 2.40. The third-order valence-electron chi connectivity index (χ3n) is 2.40. The van der Waals surface area contributed by atoms with Gasteiger partial charge in [-0.25, -0.2) is 4.79 Å². The second-order valence-electron chi connectivity index (χ2n) is 3.34. The number of benzene rings is 1. The number of anilines is 1. The molecule has 0 bridgehead atoms. The molecule has 0 aliphatic heterocycles. The van der Waals surface area contributed by atoms with E-state index in [2.05, 4.69) is 10.6 Å². The number of hydrogen-bond donors (Lipinski definition) is 3. The van der Waals surface area contributed by atoms with E-state index in [1.54, 1.807) is 13.1 Å². The van der Waals surface area contributed by atoms with Crippen molar-refractivity contribution in [1.29, 1.82) is 0 Å². The van der Waals surface area contributed by atoms with Crippen LogP contribution < -0.4 is 10.6 Å². The number of aliphatic hydroxyl groups is 1. The molecule has 2 amide bonds. The van der Waals surface area contributed by atoms with E-state index in [1.807, 2.05) is 12.1 Å². The quantitative estimate of drug-likeness (QED) is 0.622. The predicted molar refractivity (Wildman–Crippen MR) is 53.2 cm³/mol. The monoisotopic (exact) mass is 192 g/mol. The lowest BCUT2D eigenvalue weighted by atomic mass is 9.85. The largest absolute Gasteiger partial charge is 0.388 e. The second-order valence-corrected chi connectivity index (χ2v) is 3.34. The standard InChI is InChI=1S/C10H12N2O2/c1-11-10(14)12-7-3-2-6-4-9(13)8(6)5-7/h2-3,5,9,13H,4H2,1H3,(H2,11,12,14). The highest BCUT2D eigenvalue weighted by molar-refractivity contribution is 5.89. The molecule has 0 aromatic heterocycles. The molecular formula is C10H12N2O2. The summed E-state index contributed by atoms with van der Waals surface area (Å²) in [6.07, 6.45) is 0.353. The molecule has 0 heterocycles. The Hall–Kier alpha value is -1.55. The van der Waals surface area contributed by atoms with Crippen molar-refractivity contribution in [3.05, 3.63) is 29.3 Å². The van der Waals surface area contributed by atoms with Gasteiger partial charge >= 0.3 is 6.03 Å². The number of urea groups is 1. The van der Waals surface area contributed by atoms with E-state index < -0.39 is 0 Å². The average Bonchev–Trinajstić information content (AvgIpc) is 2.18. The van der Waals surface area contributed by atoms with E-state index in [1.165, 1.54) is 0 Å². The highest BCUT2D eigenvalue weighted by Gasteiger charge is 2.23. The van der Waals surface area contributed by atoms with E-state index in [0.717, 1.165) is 17.5 Å². The van der Waals surface area contributed by atoms with Crippen molar-refractivity contribution in [2.24, 2.45) is 0 Å². The Morgan fingerprint density at radius 2 is 2.36 bits per heavy atom. The summed E-state index contributed by atoms with van der Waals surface area (Å²) in [6.45, 7) is 0. The number of nitrogens with one attached hydrogen (secondary N) is 2. The van der Waals surface area contributed by atoms with Crippen molar-refractivity contribution in [1.82, 2.24) is 5.32 Å². The number of carbonyl (C=O) groups excluding carboxylic acids is 1. The van der Waals surface area contributed by atoms with Crippen molar-refractivity contribution < 1.29 is 9.90 Å². The smallest absolute Gasteiger partial charge is 0.318 e. The summed E-state index contributed by atoms with van der Waals surface area (Å²) in [5, 5.41) is 14.5. The zero-order valence-electron chi connectivity index (χ0n) is 7.87. The summed E-state index contributed by atoms with van der Waals surface area (Å²) in [5.74, 6) is 0. The molecule has 1 aromatic rings. The third kappa shape index (κ3) is 1.44. The Balaban J connectivity index is 2.16. The van der Waals surface area contributed by atoms with Crippen LogP contribution in [0.2, 0.25) is 0 Å². The maximum absolute atomic E-state index is 11.0. The summed E-state index contributed by atoms with van der Waals surface area (Å²) in [5.41, 5.74) is 2.78. The number of rotatable bonds is 1. The Bertz CT molecular complexity index is 376. The maximum atomic E-state index is 11.0. The van der Waals surface area contributed by atoms with E-state index in [9.17, 15) is 9.90 Å². The van der Waals surface area contributed by atoms with Gasteiger partial charge in [-0.3, -0.25) is 0 Å². The highest BCUT2D eigenvalue weighted by atomic mass is 16.3. The van der Waals surface area contributed by atoms with Crippen LogP contribution in [0.5, 0.6) is 0 Å². The Morgan fingerprint density at radius 1 is 1.57 bits per heavy atom. The fourth-order valence-electron chi connectivity index (χ4n) is 1.55. The second kappa shape index (κ2) is 3.31. The van der Waals surface area contributed by atoms with E-state index in [4.69, 9.17) is 0 Å². The van der Waals surface area contributed by atoms with E-state index in [-0.39, 0.29) is 12.1 Å². The van der Waals surface area contributed by atoms with Crippen molar-refractivity contribution >= 4 is 11.7 Å². The molecule has 4 heteroatoms. The van der Waals surface area contributed by atoms with Crippen LogP contribution in [-0.4, -0.2) is 18.2 Å². The lowest BCUT2D eigenvalue weighted by molar-refractivity contribution is 0.154. The first kappa shape index (κ1) is 9.02. The number of carbonyl (C=O) groups is 1. The van der Waals surface area contributed by atoms with Gasteiger partial charge in [0.05, 0.1) is 6.10 Å². The number of fused-ring (bicyclic) bond motifs is 1. The minimum atomic E-state index is -0.364. The molecule has 1 atom stereocenters. The number of aliphatic hydroxyl groups excluding tert-OH is 1. The summed E-state index contributed by atoms with van der Waals surface area (Å²) in [7, 11) is 1.56. The molecular weight excluding hydrogens is 180 g/mol. The van der Waals surface area contributed by atoms with Crippen LogP contribution in [0.15, 0.2) is 18.2 Å². The molecule has 1 aromatic carbocycles. The molecule has 2 rings (SSSR count). The van der Waals surface area contributed by atoms with E-state index in [0.29, 0.717) is 5.69 Å². The fraction of sp³-hybridized carbons (Fsp3) is 0.300. The summed E-state index contributed by atoms with van der Waals surface area (Å²) in [6, 6.07) is 5.31. The molecule has 14 heavy (non-hydrogen) atoms. The zero-order chi connectivity index (χ0) is 10.1. The van der Waals surface area contributed by atoms with Gasteiger partial charge in [0.2, 0.25) is 0 Å². The van der Waals surface area contributed by atoms with Gasteiger partial charge in [0.1, 0.15) is 0 Å². The van der Waals surface area contributed by atoms with Crippen LogP contribution >= 0.6 is 0 Å². The topological polar surface area (TPSA) is 61.4 Å². The highest BCUT2D eigenvalue weighted by Crippen LogP contribution is 2.34. The summed E-state index contributed by atoms with van der Waals surface area (Å²) < 4.78 is 0. The van der Waals surface area contributed by atoms with Crippen LogP contribution in [0, 0.1) is 0 Å². The van der Waals surface area contributed by atoms with Gasteiger partial charge in [0.15, 0.2) is 0 Å². The molecule has 3 N–H and O–H groups in total. The Kier molecular flexibility index (Phi) is 2.13. The van der Waals surface area contributed by atoms with Gasteiger partial charge < -0.3 is 15.7 Å². The minimum Gasteiger partial charge on any atom is -0.388 e. The fourth-order valence-corrected chi connectivity index (χ4v) is 1.55. The van der Waals surface area contributed by atoms with Gasteiger partial charge in [-0.15, -0.1) is 0 Å². The summed E-state index contributed by atoms with van der Waals surface area (Å²) in [4.78, 5) is 11.0. The summed E-state index contributed by atoms with van der Waals surface area (Å²) >= 11 is 0. The number of hydrogen-bond acceptors (Lipinski definition) is 2. The molecule has 1 aliphatic rings. The molecule has 0 saturated heterocycles. The zero-order valence-corrected chi connectivity index (χ0v) is 7.87. The van der Waals surface area contributed by atoms with Crippen molar-refractivity contribution in [3.63, 3.8) is 0 Å². The first-order valence-electron chi connectivity index (χ1n) is 4.50. The van der Waals surface area contributed by atoms with Gasteiger partial charge in [-0.2, -0.15) is 0 Å². The normalized spacial score (nSPS) is 18.0. The van der Waals surface area contributed by atoms with Crippen molar-refractivity contribution in [3.8, 4) is 0 Å². The van der Waals surface area contributed by atoms with Gasteiger partial charge in [0.25, 0.3) is 0 Å². The number of amides is 2. The molecule has 0 radical (unpaired) electrons. The first-order chi connectivity index (χ1) is 6.70. The lowest BCUT2D eigenvalue weighted by Crippen LogP contribution is -2.25. The molecule has 0 spiro atoms. The predicted octanol–water partition coefficient (Wildman–Crippen LogP) is 1.03. The van der Waals surface area contributed by atoms with Gasteiger partial charge in [-0.1, -0.05) is 6.07 Å². The molecule has 0 saturated carbocycles. The lowest BCUT2D eigenvalue weighted by Gasteiger charge is -2.26. The van der Waals surface area contributed by atoms with Gasteiger partial charge in [-0.05, 0) is 23.3 Å². The average molecular weight is 192 g/mol. The molecule has 4 nitrogen and oxygen atoms in total. The van der Waals surface area contributed by atoms with Crippen LogP contribution in [-0.2, 0) is 6.42 Å². The first-order valence-corrected chi connectivity index (χ1v) is 4.50. The molecule has 0 fully saturated rings. The van der Waals surface area contributed by atoms with E-state index >= 15 is 0 Å². The Labute approximate surface area is 81.9 Å². The Morgan fingerprint density at radius 3 is 3.00 bits per heavy atom. The molecule has 1 unspecified atom stereocenters. The van der Waals surface area contributed by atoms with Crippen LogP contribution in [0.4, 0.5) is 10.5 Å². The molecule has 1 aliphatic carbocycles. The van der Waals surface area contributed by atoms with Crippen LogP contribution in [0.1, 0.15) is 17.2 Å². The van der Waals surface area contributed by atoms with Gasteiger partial charge in [0, 0.05) is 19.2 Å². The van der Waals surface area contributed by atoms with Crippen LogP contribution in [0.3, 0.4) is 0 Å². The molecule has 74 valence electrons. The van der Waals surface area contributed by atoms with Crippen molar-refractivity contribution in [2.45, 2.75) is 12.5 Å². The minimum absolute atomic E-state index is 0.251. The SMILES string of the molecule is CNC(=O)Nc1ccc2c(c1)C(O)C2. The maximum Gasteiger partial charge on any atom is 0.318 e. The van der Waals surface area contributed by atoms with Crippen molar-refractivity contribution in [2.75, 3.05) is 12.4 Å².